The van der Waals surface area contributed by atoms with Gasteiger partial charge in [0, 0.05) is 42.6 Å². The molecule has 1 amide bonds. The molecular weight excluding hydrogens is 430 g/mol. The Hall–Kier alpha value is -2.72. The van der Waals surface area contributed by atoms with Gasteiger partial charge in [0.25, 0.3) is 0 Å². The van der Waals surface area contributed by atoms with E-state index in [4.69, 9.17) is 16.6 Å². The second-order valence-corrected chi connectivity index (χ2v) is 9.06. The molecule has 2 aromatic heterocycles. The summed E-state index contributed by atoms with van der Waals surface area (Å²) in [4.78, 5) is 23.8. The molecule has 2 aliphatic rings. The Morgan fingerprint density at radius 1 is 1.03 bits per heavy atom. The number of halogens is 1. The lowest BCUT2D eigenvalue weighted by Crippen LogP contribution is -2.40. The number of amides is 1. The van der Waals surface area contributed by atoms with E-state index in [2.05, 4.69) is 23.2 Å². The molecule has 1 aliphatic carbocycles. The van der Waals surface area contributed by atoms with Crippen LogP contribution in [0.25, 0.3) is 0 Å². The molecule has 1 fully saturated rings. The topological polar surface area (TPSA) is 46.1 Å². The Morgan fingerprint density at radius 2 is 1.79 bits per heavy atom. The highest BCUT2D eigenvalue weighted by Crippen LogP contribution is 2.42. The van der Waals surface area contributed by atoms with Crippen molar-refractivity contribution in [3.05, 3.63) is 94.0 Å². The zero-order chi connectivity index (χ0) is 23.2. The number of carbonyl (C=O) groups is 1. The number of aryl methyl sites for hydroxylation is 2. The Morgan fingerprint density at radius 3 is 2.55 bits per heavy atom. The molecule has 1 atom stereocenters. The summed E-state index contributed by atoms with van der Waals surface area (Å²) < 4.78 is 0. The fourth-order valence-corrected chi connectivity index (χ4v) is 5.40. The minimum atomic E-state index is 0.193. The maximum absolute atomic E-state index is 12.8. The van der Waals surface area contributed by atoms with Gasteiger partial charge in [0.2, 0.25) is 5.91 Å². The van der Waals surface area contributed by atoms with Crippen LogP contribution in [0.5, 0.6) is 0 Å². The van der Waals surface area contributed by atoms with Gasteiger partial charge < -0.3 is 4.90 Å². The number of aromatic nitrogens is 2. The van der Waals surface area contributed by atoms with Crippen LogP contribution in [-0.4, -0.2) is 33.9 Å². The monoisotopic (exact) mass is 461 g/mol. The Labute approximate surface area is 202 Å². The first-order chi connectivity index (χ1) is 16.2. The number of benzene rings is 1. The first-order valence-corrected chi connectivity index (χ1v) is 12.5. The number of nitrogens with zero attached hydrogens (tertiary/aromatic N) is 3. The van der Waals surface area contributed by atoms with Crippen molar-refractivity contribution in [2.75, 3.05) is 13.1 Å². The van der Waals surface area contributed by atoms with Crippen LogP contribution in [0.4, 0.5) is 0 Å². The van der Waals surface area contributed by atoms with E-state index in [-0.39, 0.29) is 11.8 Å². The maximum Gasteiger partial charge on any atom is 0.227 e. The summed E-state index contributed by atoms with van der Waals surface area (Å²) in [6, 6.07) is 14.4. The number of piperidine rings is 1. The van der Waals surface area contributed by atoms with Crippen LogP contribution in [0.15, 0.2) is 61.1 Å². The molecule has 1 aliphatic heterocycles. The number of hydrogen-bond acceptors (Lipinski definition) is 3. The number of likely N-dealkylation sites (tertiary alicyclic amines) is 1. The summed E-state index contributed by atoms with van der Waals surface area (Å²) in [7, 11) is 0. The smallest absolute Gasteiger partial charge is 0.227 e. The fourth-order valence-electron chi connectivity index (χ4n) is 5.20. The van der Waals surface area contributed by atoms with Gasteiger partial charge >= 0.3 is 0 Å². The fraction of sp³-hybridized carbons (Fsp3) is 0.393. The summed E-state index contributed by atoms with van der Waals surface area (Å²) in [6.07, 6.45) is 9.82. The average Bonchev–Trinajstić information content (AvgIpc) is 3.02. The van der Waals surface area contributed by atoms with Crippen molar-refractivity contribution in [1.82, 2.24) is 14.9 Å². The van der Waals surface area contributed by atoms with Crippen molar-refractivity contribution >= 4 is 17.5 Å². The van der Waals surface area contributed by atoms with E-state index in [1.165, 1.54) is 22.4 Å². The number of fused-ring (bicyclic) bond motifs is 2. The van der Waals surface area contributed by atoms with Crippen molar-refractivity contribution in [1.29, 1.82) is 0 Å². The van der Waals surface area contributed by atoms with Crippen LogP contribution >= 0.6 is 11.6 Å². The van der Waals surface area contributed by atoms with Gasteiger partial charge in [-0.05, 0) is 78.1 Å². The molecule has 3 aromatic rings. The second kappa shape index (κ2) is 10.9. The largest absolute Gasteiger partial charge is 0.342 e. The first-order valence-electron chi connectivity index (χ1n) is 12.1. The van der Waals surface area contributed by atoms with Crippen LogP contribution < -0.4 is 0 Å². The molecule has 3 heterocycles. The highest BCUT2D eigenvalue weighted by Gasteiger charge is 2.34. The Bertz CT molecular complexity index is 1080. The average molecular weight is 462 g/mol. The summed E-state index contributed by atoms with van der Waals surface area (Å²) >= 11 is 6.33. The maximum atomic E-state index is 12.8. The van der Waals surface area contributed by atoms with E-state index in [1.54, 1.807) is 12.4 Å². The molecule has 0 radical (unpaired) electrons. The lowest BCUT2D eigenvalue weighted by Gasteiger charge is -2.37. The third kappa shape index (κ3) is 5.27. The molecule has 0 spiro atoms. The summed E-state index contributed by atoms with van der Waals surface area (Å²) in [6.45, 7) is 5.59. The lowest BCUT2D eigenvalue weighted by atomic mass is 9.76. The molecule has 33 heavy (non-hydrogen) atoms. The molecule has 4 nitrogen and oxygen atoms in total. The third-order valence-corrected chi connectivity index (χ3v) is 7.00. The summed E-state index contributed by atoms with van der Waals surface area (Å²) in [5.41, 5.74) is 6.23. The van der Waals surface area contributed by atoms with Crippen LogP contribution in [0.2, 0.25) is 5.02 Å². The molecule has 0 saturated carbocycles. The first kappa shape index (κ1) is 23.4. The van der Waals surface area contributed by atoms with Crippen molar-refractivity contribution in [2.24, 2.45) is 5.92 Å². The Kier molecular flexibility index (Phi) is 7.77. The SMILES string of the molecule is CC.O=C(Cc1cccnc1)N1CCC(C2c3ccc(Cl)cc3CCc3cccnc32)CC1. The van der Waals surface area contributed by atoms with Crippen molar-refractivity contribution < 1.29 is 4.79 Å². The van der Waals surface area contributed by atoms with Crippen molar-refractivity contribution in [3.63, 3.8) is 0 Å². The zero-order valence-corrected chi connectivity index (χ0v) is 20.3. The minimum Gasteiger partial charge on any atom is -0.342 e. The molecule has 1 saturated heterocycles. The molecular formula is C28H32ClN3O. The van der Waals surface area contributed by atoms with E-state index in [9.17, 15) is 4.79 Å². The number of hydrogen-bond donors (Lipinski definition) is 0. The second-order valence-electron chi connectivity index (χ2n) is 8.62. The highest BCUT2D eigenvalue weighted by molar-refractivity contribution is 6.30. The van der Waals surface area contributed by atoms with Gasteiger partial charge in [-0.1, -0.05) is 43.6 Å². The molecule has 5 heteroatoms. The zero-order valence-electron chi connectivity index (χ0n) is 19.5. The number of rotatable bonds is 3. The number of carbonyl (C=O) groups excluding carboxylic acids is 1. The minimum absolute atomic E-state index is 0.193. The summed E-state index contributed by atoms with van der Waals surface area (Å²) in [5, 5.41) is 0.798. The molecule has 0 bridgehead atoms. The third-order valence-electron chi connectivity index (χ3n) is 6.77. The van der Waals surface area contributed by atoms with Crippen molar-refractivity contribution in [2.45, 2.75) is 51.9 Å². The molecule has 0 N–H and O–H groups in total. The van der Waals surface area contributed by atoms with Gasteiger partial charge in [-0.2, -0.15) is 0 Å². The molecule has 172 valence electrons. The number of pyridine rings is 2. The van der Waals surface area contributed by atoms with E-state index >= 15 is 0 Å². The lowest BCUT2D eigenvalue weighted by molar-refractivity contribution is -0.131. The van der Waals surface area contributed by atoms with E-state index in [0.29, 0.717) is 12.3 Å². The van der Waals surface area contributed by atoms with E-state index in [1.807, 2.05) is 49.2 Å². The quantitative estimate of drug-likeness (QED) is 0.490. The van der Waals surface area contributed by atoms with Crippen LogP contribution in [-0.2, 0) is 24.1 Å². The standard InChI is InChI=1S/C26H26ClN3O.C2H6/c27-22-7-8-23-21(16-22)6-5-20-4-2-12-29-26(20)25(23)19-9-13-30(14-10-19)24(31)15-18-3-1-11-28-17-18;1-2/h1-4,7-8,11-12,16-17,19,25H,5-6,9-10,13-15H2;1-2H3. The summed E-state index contributed by atoms with van der Waals surface area (Å²) in [5.74, 6) is 0.925. The normalized spacial score (nSPS) is 17.8. The predicted molar refractivity (Wildman–Crippen MR) is 134 cm³/mol. The molecule has 1 unspecified atom stereocenters. The van der Waals surface area contributed by atoms with Gasteiger partial charge in [-0.3, -0.25) is 14.8 Å². The van der Waals surface area contributed by atoms with Crippen LogP contribution in [0.3, 0.4) is 0 Å². The van der Waals surface area contributed by atoms with Crippen LogP contribution in [0, 0.1) is 5.92 Å². The van der Waals surface area contributed by atoms with Gasteiger partial charge in [0.15, 0.2) is 0 Å². The van der Waals surface area contributed by atoms with Crippen molar-refractivity contribution in [3.8, 4) is 0 Å². The highest BCUT2D eigenvalue weighted by atomic mass is 35.5. The predicted octanol–water partition coefficient (Wildman–Crippen LogP) is 5.87. The van der Waals surface area contributed by atoms with Crippen LogP contribution in [0.1, 0.15) is 60.6 Å². The molecule has 5 rings (SSSR count). The van der Waals surface area contributed by atoms with Gasteiger partial charge in [0.1, 0.15) is 0 Å². The van der Waals surface area contributed by atoms with E-state index < -0.39 is 0 Å². The van der Waals surface area contributed by atoms with E-state index in [0.717, 1.165) is 49.4 Å². The molecule has 1 aromatic carbocycles. The van der Waals surface area contributed by atoms with Gasteiger partial charge in [0.05, 0.1) is 12.1 Å². The van der Waals surface area contributed by atoms with Gasteiger partial charge in [-0.25, -0.2) is 0 Å². The van der Waals surface area contributed by atoms with Gasteiger partial charge in [-0.15, -0.1) is 0 Å². The Balaban J connectivity index is 0.00000126.